The van der Waals surface area contributed by atoms with Crippen LogP contribution >= 0.6 is 11.8 Å². The fourth-order valence-corrected chi connectivity index (χ4v) is 3.38. The lowest BCUT2D eigenvalue weighted by Gasteiger charge is -1.95. The van der Waals surface area contributed by atoms with Gasteiger partial charge in [-0.3, -0.25) is 0 Å². The number of pyridine rings is 1. The van der Waals surface area contributed by atoms with E-state index in [0.717, 1.165) is 23.6 Å². The first kappa shape index (κ1) is 15.0. The summed E-state index contributed by atoms with van der Waals surface area (Å²) in [7, 11) is 0. The van der Waals surface area contributed by atoms with Crippen LogP contribution in [0.1, 0.15) is 30.9 Å². The normalized spacial score (nSPS) is 15.6. The van der Waals surface area contributed by atoms with Crippen LogP contribution in [-0.4, -0.2) is 11.3 Å². The van der Waals surface area contributed by atoms with Gasteiger partial charge in [-0.05, 0) is 17.7 Å². The predicted octanol–water partition coefficient (Wildman–Crippen LogP) is 3.86. The van der Waals surface area contributed by atoms with Crippen LogP contribution in [0.2, 0.25) is 0 Å². The third-order valence-electron chi connectivity index (χ3n) is 3.57. The van der Waals surface area contributed by atoms with Crippen molar-refractivity contribution >= 4 is 23.0 Å². The number of nitrogens with zero attached hydrogens (tertiary/aromatic N) is 3. The molecule has 3 rings (SSSR count). The Morgan fingerprint density at radius 3 is 3.00 bits per heavy atom. The summed E-state index contributed by atoms with van der Waals surface area (Å²) < 4.78 is 2.21. The van der Waals surface area contributed by atoms with E-state index in [0.29, 0.717) is 0 Å². The standard InChI is InChI=1S/C18H20N3S/c1-2-3-10-21-11-6-7-15(14-21)13-19-20-18-12-16-8-4-5-9-17(16)22-18/h4-9,11,13-14H,2-3,10,12H2,1H3/q+1/b19-13+,20-18-. The molecule has 1 aliphatic heterocycles. The molecule has 1 aliphatic rings. The van der Waals surface area contributed by atoms with Gasteiger partial charge in [0.25, 0.3) is 0 Å². The van der Waals surface area contributed by atoms with Gasteiger partial charge in [-0.15, -0.1) is 5.10 Å². The number of aromatic nitrogens is 1. The van der Waals surface area contributed by atoms with Crippen molar-refractivity contribution in [2.75, 3.05) is 0 Å². The third kappa shape index (κ3) is 3.83. The van der Waals surface area contributed by atoms with Crippen LogP contribution in [0.15, 0.2) is 63.9 Å². The van der Waals surface area contributed by atoms with Crippen LogP contribution in [0, 0.1) is 0 Å². The van der Waals surface area contributed by atoms with Crippen molar-refractivity contribution < 1.29 is 4.57 Å². The Morgan fingerprint density at radius 1 is 1.23 bits per heavy atom. The largest absolute Gasteiger partial charge is 0.204 e. The molecule has 3 nitrogen and oxygen atoms in total. The molecule has 0 saturated heterocycles. The molecule has 112 valence electrons. The number of fused-ring (bicyclic) bond motifs is 1. The second-order valence-electron chi connectivity index (χ2n) is 5.35. The highest BCUT2D eigenvalue weighted by molar-refractivity contribution is 8.14. The van der Waals surface area contributed by atoms with Gasteiger partial charge in [-0.25, -0.2) is 4.57 Å². The minimum atomic E-state index is 0.892. The van der Waals surface area contributed by atoms with Gasteiger partial charge in [-0.2, -0.15) is 5.10 Å². The van der Waals surface area contributed by atoms with E-state index >= 15 is 0 Å². The summed E-state index contributed by atoms with van der Waals surface area (Å²) in [4.78, 5) is 1.30. The van der Waals surface area contributed by atoms with Gasteiger partial charge in [0, 0.05) is 23.8 Å². The molecule has 22 heavy (non-hydrogen) atoms. The van der Waals surface area contributed by atoms with Crippen molar-refractivity contribution in [3.05, 3.63) is 59.9 Å². The Morgan fingerprint density at radius 2 is 2.14 bits per heavy atom. The monoisotopic (exact) mass is 310 g/mol. The highest BCUT2D eigenvalue weighted by atomic mass is 32.2. The first-order chi connectivity index (χ1) is 10.8. The minimum Gasteiger partial charge on any atom is -0.204 e. The first-order valence-electron chi connectivity index (χ1n) is 7.70. The molecular formula is C18H20N3S+. The van der Waals surface area contributed by atoms with Gasteiger partial charge < -0.3 is 0 Å². The van der Waals surface area contributed by atoms with Gasteiger partial charge >= 0.3 is 0 Å². The maximum atomic E-state index is 4.36. The zero-order valence-corrected chi connectivity index (χ0v) is 13.6. The fourth-order valence-electron chi connectivity index (χ4n) is 2.39. The molecule has 0 aliphatic carbocycles. The molecule has 0 unspecified atom stereocenters. The second kappa shape index (κ2) is 7.36. The third-order valence-corrected chi connectivity index (χ3v) is 4.65. The SMILES string of the molecule is CCCC[n+]1cccc(/C=N/N=C2/Cc3ccccc3S2)c1. The Hall–Kier alpha value is -1.94. The fraction of sp³-hybridized carbons (Fsp3) is 0.278. The summed E-state index contributed by atoms with van der Waals surface area (Å²) in [5.41, 5.74) is 2.43. The number of benzene rings is 1. The lowest BCUT2D eigenvalue weighted by atomic mass is 10.2. The van der Waals surface area contributed by atoms with Crippen LogP contribution in [0.25, 0.3) is 0 Å². The Balaban J connectivity index is 1.64. The van der Waals surface area contributed by atoms with Crippen molar-refractivity contribution in [3.8, 4) is 0 Å². The maximum Gasteiger partial charge on any atom is 0.177 e. The summed E-state index contributed by atoms with van der Waals surface area (Å²) in [6.07, 6.45) is 9.35. The average Bonchev–Trinajstić information content (AvgIpc) is 2.96. The number of hydrogen-bond donors (Lipinski definition) is 0. The zero-order valence-electron chi connectivity index (χ0n) is 12.8. The smallest absolute Gasteiger partial charge is 0.177 e. The molecule has 2 heterocycles. The van der Waals surface area contributed by atoms with Gasteiger partial charge in [0.05, 0.1) is 11.8 Å². The lowest BCUT2D eigenvalue weighted by molar-refractivity contribution is -0.697. The van der Waals surface area contributed by atoms with Crippen molar-refractivity contribution in [2.24, 2.45) is 10.2 Å². The van der Waals surface area contributed by atoms with E-state index < -0.39 is 0 Å². The summed E-state index contributed by atoms with van der Waals surface area (Å²) >= 11 is 1.72. The molecule has 0 saturated carbocycles. The van der Waals surface area contributed by atoms with Gasteiger partial charge in [-0.1, -0.05) is 43.3 Å². The summed E-state index contributed by atoms with van der Waals surface area (Å²) in [6, 6.07) is 12.6. The second-order valence-corrected chi connectivity index (χ2v) is 6.47. The molecule has 0 amide bonds. The van der Waals surface area contributed by atoms with E-state index in [9.17, 15) is 0 Å². The van der Waals surface area contributed by atoms with Crippen LogP contribution in [0.5, 0.6) is 0 Å². The van der Waals surface area contributed by atoms with Crippen LogP contribution in [-0.2, 0) is 13.0 Å². The molecule has 0 fully saturated rings. The van der Waals surface area contributed by atoms with Crippen LogP contribution < -0.4 is 4.57 Å². The topological polar surface area (TPSA) is 28.6 Å². The van der Waals surface area contributed by atoms with Crippen LogP contribution in [0.3, 0.4) is 0 Å². The molecule has 0 N–H and O–H groups in total. The van der Waals surface area contributed by atoms with E-state index in [1.165, 1.54) is 23.3 Å². The number of aryl methyl sites for hydroxylation is 1. The maximum absolute atomic E-state index is 4.36. The molecule has 2 aromatic rings. The summed E-state index contributed by atoms with van der Waals surface area (Å²) in [5, 5.41) is 9.68. The molecule has 0 spiro atoms. The lowest BCUT2D eigenvalue weighted by Crippen LogP contribution is -2.33. The van der Waals surface area contributed by atoms with Crippen LogP contribution in [0.4, 0.5) is 0 Å². The average molecular weight is 310 g/mol. The van der Waals surface area contributed by atoms with Gasteiger partial charge in [0.15, 0.2) is 12.4 Å². The predicted molar refractivity (Wildman–Crippen MR) is 92.6 cm³/mol. The molecule has 4 heteroatoms. The highest BCUT2D eigenvalue weighted by Gasteiger charge is 2.16. The molecule has 0 radical (unpaired) electrons. The van der Waals surface area contributed by atoms with Crippen molar-refractivity contribution in [1.29, 1.82) is 0 Å². The number of unbranched alkanes of at least 4 members (excludes halogenated alkanes) is 1. The molecular weight excluding hydrogens is 290 g/mol. The molecule has 0 atom stereocenters. The Labute approximate surface area is 135 Å². The molecule has 1 aromatic heterocycles. The van der Waals surface area contributed by atoms with E-state index in [2.05, 4.69) is 70.5 Å². The van der Waals surface area contributed by atoms with Crippen molar-refractivity contribution in [1.82, 2.24) is 0 Å². The van der Waals surface area contributed by atoms with Crippen molar-refractivity contribution in [2.45, 2.75) is 37.6 Å². The minimum absolute atomic E-state index is 0.892. The summed E-state index contributed by atoms with van der Waals surface area (Å²) in [6.45, 7) is 3.26. The zero-order chi connectivity index (χ0) is 15.2. The first-order valence-corrected chi connectivity index (χ1v) is 8.51. The number of rotatable bonds is 5. The van der Waals surface area contributed by atoms with Crippen molar-refractivity contribution in [3.63, 3.8) is 0 Å². The van der Waals surface area contributed by atoms with E-state index in [-0.39, 0.29) is 0 Å². The Bertz CT molecular complexity index is 680. The van der Waals surface area contributed by atoms with E-state index in [1.54, 1.807) is 11.8 Å². The molecule has 0 bridgehead atoms. The van der Waals surface area contributed by atoms with Gasteiger partial charge in [0.1, 0.15) is 11.6 Å². The number of thioether (sulfide) groups is 1. The highest BCUT2D eigenvalue weighted by Crippen LogP contribution is 2.32. The van der Waals surface area contributed by atoms with E-state index in [4.69, 9.17) is 0 Å². The Kier molecular flexibility index (Phi) is 5.01. The summed E-state index contributed by atoms with van der Waals surface area (Å²) in [5.74, 6) is 0. The number of hydrogen-bond acceptors (Lipinski definition) is 3. The quantitative estimate of drug-likeness (QED) is 0.468. The molecule has 1 aromatic carbocycles. The van der Waals surface area contributed by atoms with E-state index in [1.807, 2.05) is 6.21 Å². The van der Waals surface area contributed by atoms with Gasteiger partial charge in [0.2, 0.25) is 0 Å².